The van der Waals surface area contributed by atoms with Crippen LogP contribution in [0.3, 0.4) is 0 Å². The number of halogens is 3. The van der Waals surface area contributed by atoms with Crippen molar-refractivity contribution in [1.82, 2.24) is 0 Å². The fourth-order valence-electron chi connectivity index (χ4n) is 2.43. The van der Waals surface area contributed by atoms with Crippen molar-refractivity contribution in [2.24, 2.45) is 0 Å². The lowest BCUT2D eigenvalue weighted by atomic mass is 10.1. The topological polar surface area (TPSA) is 72.7 Å². The zero-order chi connectivity index (χ0) is 20.4. The van der Waals surface area contributed by atoms with Gasteiger partial charge in [0.05, 0.1) is 16.0 Å². The molecule has 2 rings (SSSR count). The number of nitrogens with zero attached hydrogens (tertiary/aromatic N) is 2. The van der Waals surface area contributed by atoms with E-state index in [4.69, 9.17) is 16.3 Å². The predicted octanol–water partition coefficient (Wildman–Crippen LogP) is 4.74. The highest BCUT2D eigenvalue weighted by atomic mass is 35.5. The number of amides is 1. The third-order valence-electron chi connectivity index (χ3n) is 3.78. The molecular weight excluding hydrogens is 382 g/mol. The third kappa shape index (κ3) is 4.51. The number of carbonyl (C=O) groups is 1. The van der Waals surface area contributed by atoms with E-state index in [-0.39, 0.29) is 23.0 Å². The molecule has 0 aromatic heterocycles. The van der Waals surface area contributed by atoms with E-state index in [9.17, 15) is 23.7 Å². The molecule has 0 aliphatic heterocycles. The van der Waals surface area contributed by atoms with Gasteiger partial charge < -0.3 is 9.64 Å². The van der Waals surface area contributed by atoms with Crippen molar-refractivity contribution in [3.63, 3.8) is 0 Å². The quantitative estimate of drug-likeness (QED) is 0.520. The van der Waals surface area contributed by atoms with E-state index < -0.39 is 33.8 Å². The summed E-state index contributed by atoms with van der Waals surface area (Å²) in [5.41, 5.74) is -1.69. The zero-order valence-corrected chi connectivity index (χ0v) is 15.6. The van der Waals surface area contributed by atoms with Gasteiger partial charge in [-0.25, -0.2) is 8.78 Å². The Hall–Kier alpha value is -2.74. The average Bonchev–Trinajstić information content (AvgIpc) is 2.60. The Morgan fingerprint density at radius 2 is 1.89 bits per heavy atom. The molecule has 0 atom stereocenters. The lowest BCUT2D eigenvalue weighted by molar-refractivity contribution is -0.385. The molecule has 0 saturated heterocycles. The third-order valence-corrected chi connectivity index (χ3v) is 4.09. The number of nitro groups is 1. The van der Waals surface area contributed by atoms with Crippen molar-refractivity contribution >= 4 is 28.9 Å². The van der Waals surface area contributed by atoms with Crippen LogP contribution in [-0.4, -0.2) is 23.0 Å². The molecule has 0 unspecified atom stereocenters. The van der Waals surface area contributed by atoms with Crippen molar-refractivity contribution in [1.29, 1.82) is 0 Å². The normalized spacial score (nSPS) is 11.2. The van der Waals surface area contributed by atoms with Gasteiger partial charge in [-0.15, -0.1) is 0 Å². The first-order valence-corrected chi connectivity index (χ1v) is 8.34. The minimum atomic E-state index is -1.52. The Kier molecular flexibility index (Phi) is 6.00. The minimum Gasteiger partial charge on any atom is -0.475 e. The summed E-state index contributed by atoms with van der Waals surface area (Å²) in [6.07, 6.45) is 0. The molecule has 0 spiro atoms. The van der Waals surface area contributed by atoms with E-state index in [2.05, 4.69) is 0 Å². The largest absolute Gasteiger partial charge is 0.475 e. The second-order valence-electron chi connectivity index (χ2n) is 6.13. The second kappa shape index (κ2) is 7.87. The molecule has 0 fully saturated rings. The van der Waals surface area contributed by atoms with Crippen LogP contribution in [0, 0.1) is 21.7 Å². The molecule has 2 aromatic carbocycles. The maximum Gasteiger partial charge on any atom is 0.272 e. The SMILES string of the molecule is CCN(C(=O)C(C)(C)Oc1ccc([N+](=O)[O-])cc1F)c1ccc(Cl)c(F)c1. The van der Waals surface area contributed by atoms with Crippen molar-refractivity contribution in [2.75, 3.05) is 11.4 Å². The molecule has 0 heterocycles. The van der Waals surface area contributed by atoms with Crippen LogP contribution in [0.2, 0.25) is 5.02 Å². The van der Waals surface area contributed by atoms with E-state index in [0.717, 1.165) is 18.2 Å². The Morgan fingerprint density at radius 1 is 1.22 bits per heavy atom. The van der Waals surface area contributed by atoms with Crippen molar-refractivity contribution in [2.45, 2.75) is 26.4 Å². The molecule has 144 valence electrons. The Balaban J connectivity index is 2.29. The first-order valence-electron chi connectivity index (χ1n) is 7.96. The Labute approximate surface area is 159 Å². The number of hydrogen-bond acceptors (Lipinski definition) is 4. The summed E-state index contributed by atoms with van der Waals surface area (Å²) in [7, 11) is 0. The predicted molar refractivity (Wildman–Crippen MR) is 97.2 cm³/mol. The van der Waals surface area contributed by atoms with Gasteiger partial charge in [0, 0.05) is 18.3 Å². The van der Waals surface area contributed by atoms with Gasteiger partial charge >= 0.3 is 0 Å². The first kappa shape index (κ1) is 20.6. The molecule has 9 heteroatoms. The Morgan fingerprint density at radius 3 is 2.41 bits per heavy atom. The number of nitro benzene ring substituents is 1. The van der Waals surface area contributed by atoms with Crippen LogP contribution < -0.4 is 9.64 Å². The lowest BCUT2D eigenvalue weighted by Gasteiger charge is -2.32. The van der Waals surface area contributed by atoms with Gasteiger partial charge in [-0.05, 0) is 45.0 Å². The molecule has 1 amide bonds. The highest BCUT2D eigenvalue weighted by molar-refractivity contribution is 6.30. The summed E-state index contributed by atoms with van der Waals surface area (Å²) in [6, 6.07) is 6.79. The van der Waals surface area contributed by atoms with Crippen molar-refractivity contribution in [3.05, 3.63) is 63.2 Å². The van der Waals surface area contributed by atoms with E-state index in [1.165, 1.54) is 30.9 Å². The van der Waals surface area contributed by atoms with Crippen molar-refractivity contribution in [3.8, 4) is 5.75 Å². The number of non-ortho nitro benzene ring substituents is 1. The fourth-order valence-corrected chi connectivity index (χ4v) is 2.54. The number of benzene rings is 2. The molecule has 0 bridgehead atoms. The molecular formula is C18H17ClF2N2O4. The molecule has 0 saturated carbocycles. The summed E-state index contributed by atoms with van der Waals surface area (Å²) in [6.45, 7) is 4.73. The van der Waals surface area contributed by atoms with Crippen LogP contribution in [0.1, 0.15) is 20.8 Å². The highest BCUT2D eigenvalue weighted by Crippen LogP contribution is 2.29. The standard InChI is InChI=1S/C18H17ClF2N2O4/c1-4-22(11-5-7-13(19)14(20)9-11)17(24)18(2,3)27-16-8-6-12(23(25)26)10-15(16)21/h5-10H,4H2,1-3H3. The van der Waals surface area contributed by atoms with Crippen LogP contribution in [0.15, 0.2) is 36.4 Å². The maximum atomic E-state index is 14.1. The van der Waals surface area contributed by atoms with Gasteiger partial charge in [-0.1, -0.05) is 11.6 Å². The summed E-state index contributed by atoms with van der Waals surface area (Å²) in [5, 5.41) is 10.6. The average molecular weight is 399 g/mol. The number of likely N-dealkylation sites (N-methyl/N-ethyl adjacent to an activating group) is 1. The van der Waals surface area contributed by atoms with Crippen LogP contribution >= 0.6 is 11.6 Å². The first-order chi connectivity index (χ1) is 12.6. The summed E-state index contributed by atoms with van der Waals surface area (Å²) >= 11 is 5.67. The van der Waals surface area contributed by atoms with Gasteiger partial charge in [-0.3, -0.25) is 14.9 Å². The molecule has 0 aliphatic rings. The number of ether oxygens (including phenoxy) is 1. The van der Waals surface area contributed by atoms with Gasteiger partial charge in [0.15, 0.2) is 17.2 Å². The van der Waals surface area contributed by atoms with E-state index in [1.807, 2.05) is 0 Å². The van der Waals surface area contributed by atoms with Gasteiger partial charge in [0.25, 0.3) is 11.6 Å². The maximum absolute atomic E-state index is 14.1. The van der Waals surface area contributed by atoms with E-state index in [1.54, 1.807) is 6.92 Å². The number of rotatable bonds is 6. The van der Waals surface area contributed by atoms with Crippen LogP contribution in [0.25, 0.3) is 0 Å². The van der Waals surface area contributed by atoms with Crippen molar-refractivity contribution < 1.29 is 23.2 Å². The fraction of sp³-hybridized carbons (Fsp3) is 0.278. The lowest BCUT2D eigenvalue weighted by Crippen LogP contribution is -2.49. The summed E-state index contributed by atoms with van der Waals surface area (Å²) < 4.78 is 33.3. The minimum absolute atomic E-state index is 0.0780. The molecule has 0 radical (unpaired) electrons. The number of anilines is 1. The molecule has 6 nitrogen and oxygen atoms in total. The molecule has 0 aliphatic carbocycles. The second-order valence-corrected chi connectivity index (χ2v) is 6.54. The molecule has 0 N–H and O–H groups in total. The molecule has 27 heavy (non-hydrogen) atoms. The highest BCUT2D eigenvalue weighted by Gasteiger charge is 2.35. The number of hydrogen-bond donors (Lipinski definition) is 0. The van der Waals surface area contributed by atoms with Gasteiger partial charge in [0.1, 0.15) is 5.82 Å². The van der Waals surface area contributed by atoms with Gasteiger partial charge in [-0.2, -0.15) is 0 Å². The molecule has 2 aromatic rings. The summed E-state index contributed by atoms with van der Waals surface area (Å²) in [5.74, 6) is -2.51. The van der Waals surface area contributed by atoms with Crippen LogP contribution in [0.5, 0.6) is 5.75 Å². The van der Waals surface area contributed by atoms with E-state index >= 15 is 0 Å². The smallest absolute Gasteiger partial charge is 0.272 e. The van der Waals surface area contributed by atoms with E-state index in [0.29, 0.717) is 6.07 Å². The Bertz CT molecular complexity index is 890. The van der Waals surface area contributed by atoms with Crippen LogP contribution in [0.4, 0.5) is 20.2 Å². The zero-order valence-electron chi connectivity index (χ0n) is 14.8. The number of carbonyl (C=O) groups excluding carboxylic acids is 1. The monoisotopic (exact) mass is 398 g/mol. The van der Waals surface area contributed by atoms with Crippen LogP contribution in [-0.2, 0) is 4.79 Å². The van der Waals surface area contributed by atoms with Gasteiger partial charge in [0.2, 0.25) is 0 Å². The summed E-state index contributed by atoms with van der Waals surface area (Å²) in [4.78, 5) is 24.1.